The minimum atomic E-state index is -0.342. The molecule has 32 heavy (non-hydrogen) atoms. The maximum atomic E-state index is 13.4. The fourth-order valence-electron chi connectivity index (χ4n) is 3.81. The summed E-state index contributed by atoms with van der Waals surface area (Å²) in [5.41, 5.74) is 1.74. The van der Waals surface area contributed by atoms with Gasteiger partial charge in [-0.3, -0.25) is 14.1 Å². The van der Waals surface area contributed by atoms with E-state index in [2.05, 4.69) is 20.4 Å². The van der Waals surface area contributed by atoms with Crippen LogP contribution in [0.15, 0.2) is 42.6 Å². The topological polar surface area (TPSA) is 86.1 Å². The van der Waals surface area contributed by atoms with Crippen LogP contribution in [0.1, 0.15) is 27.8 Å². The standard InChI is InChI=1S/C22H26FN7O2/c1-27(2)22(32)29-10-9-28(3)18(14-29)20-26-25-19-8-7-16(13-30(19)20)21(31)24-12-15-5-4-6-17(23)11-15/h4-8,11,13,18H,9-10,12,14H2,1-3H3,(H,24,31)/t18-/m1/s1. The molecule has 0 unspecified atom stereocenters. The van der Waals surface area contributed by atoms with Gasteiger partial charge in [-0.05, 0) is 36.9 Å². The molecule has 3 amide bonds. The first-order valence-corrected chi connectivity index (χ1v) is 10.4. The monoisotopic (exact) mass is 439 g/mol. The predicted octanol–water partition coefficient (Wildman–Crippen LogP) is 1.77. The number of carbonyl (C=O) groups is 2. The van der Waals surface area contributed by atoms with Gasteiger partial charge in [-0.1, -0.05) is 12.1 Å². The fraction of sp³-hybridized carbons (Fsp3) is 0.364. The summed E-state index contributed by atoms with van der Waals surface area (Å²) in [5, 5.41) is 11.4. The molecule has 3 heterocycles. The predicted molar refractivity (Wildman–Crippen MR) is 117 cm³/mol. The number of nitrogens with zero attached hydrogens (tertiary/aromatic N) is 6. The number of amides is 3. The molecule has 0 saturated carbocycles. The summed E-state index contributed by atoms with van der Waals surface area (Å²) in [5.74, 6) is 0.0430. The van der Waals surface area contributed by atoms with E-state index in [9.17, 15) is 14.0 Å². The Morgan fingerprint density at radius 3 is 2.75 bits per heavy atom. The van der Waals surface area contributed by atoms with Gasteiger partial charge in [-0.2, -0.15) is 0 Å². The smallest absolute Gasteiger partial charge is 0.319 e. The van der Waals surface area contributed by atoms with E-state index in [-0.39, 0.29) is 30.3 Å². The highest BCUT2D eigenvalue weighted by molar-refractivity contribution is 5.94. The van der Waals surface area contributed by atoms with Crippen molar-refractivity contribution in [3.63, 3.8) is 0 Å². The van der Waals surface area contributed by atoms with E-state index in [0.29, 0.717) is 42.2 Å². The molecular weight excluding hydrogens is 413 g/mol. The number of hydrogen-bond donors (Lipinski definition) is 1. The van der Waals surface area contributed by atoms with Crippen LogP contribution in [0.3, 0.4) is 0 Å². The minimum Gasteiger partial charge on any atom is -0.348 e. The number of likely N-dealkylation sites (N-methyl/N-ethyl adjacent to an activating group) is 1. The third-order valence-electron chi connectivity index (χ3n) is 5.63. The lowest BCUT2D eigenvalue weighted by Gasteiger charge is -2.39. The van der Waals surface area contributed by atoms with Crippen molar-refractivity contribution in [3.8, 4) is 0 Å². The number of fused-ring (bicyclic) bond motifs is 1. The third-order valence-corrected chi connectivity index (χ3v) is 5.63. The molecule has 9 nitrogen and oxygen atoms in total. The number of halogens is 1. The van der Waals surface area contributed by atoms with Gasteiger partial charge in [0.15, 0.2) is 11.5 Å². The average Bonchev–Trinajstić information content (AvgIpc) is 3.20. The van der Waals surface area contributed by atoms with Crippen molar-refractivity contribution >= 4 is 17.6 Å². The molecule has 1 atom stereocenters. The number of rotatable bonds is 4. The Labute approximate surface area is 185 Å². The molecule has 10 heteroatoms. The second-order valence-corrected chi connectivity index (χ2v) is 8.14. The first-order chi connectivity index (χ1) is 15.3. The zero-order valence-corrected chi connectivity index (χ0v) is 18.3. The highest BCUT2D eigenvalue weighted by Gasteiger charge is 2.32. The summed E-state index contributed by atoms with van der Waals surface area (Å²) in [6.07, 6.45) is 1.70. The molecule has 1 N–H and O–H groups in total. The Morgan fingerprint density at radius 2 is 2.00 bits per heavy atom. The van der Waals surface area contributed by atoms with Crippen LogP contribution >= 0.6 is 0 Å². The van der Waals surface area contributed by atoms with Gasteiger partial charge in [-0.15, -0.1) is 10.2 Å². The zero-order chi connectivity index (χ0) is 22.8. The highest BCUT2D eigenvalue weighted by Crippen LogP contribution is 2.24. The summed E-state index contributed by atoms with van der Waals surface area (Å²) in [6.45, 7) is 2.03. The van der Waals surface area contributed by atoms with Gasteiger partial charge in [0.25, 0.3) is 5.91 Å². The minimum absolute atomic E-state index is 0.0469. The third kappa shape index (κ3) is 4.40. The number of pyridine rings is 1. The Morgan fingerprint density at radius 1 is 1.19 bits per heavy atom. The largest absolute Gasteiger partial charge is 0.348 e. The van der Waals surface area contributed by atoms with E-state index in [4.69, 9.17) is 0 Å². The van der Waals surface area contributed by atoms with Crippen molar-refractivity contribution in [1.29, 1.82) is 0 Å². The van der Waals surface area contributed by atoms with E-state index >= 15 is 0 Å². The van der Waals surface area contributed by atoms with Crippen LogP contribution in [0.2, 0.25) is 0 Å². The Kier molecular flexibility index (Phi) is 6.04. The molecule has 4 rings (SSSR count). The molecule has 0 aliphatic carbocycles. The maximum Gasteiger partial charge on any atom is 0.319 e. The first-order valence-electron chi connectivity index (χ1n) is 10.4. The van der Waals surface area contributed by atoms with Crippen molar-refractivity contribution in [2.24, 2.45) is 0 Å². The van der Waals surface area contributed by atoms with Crippen LogP contribution in [-0.4, -0.2) is 82.0 Å². The zero-order valence-electron chi connectivity index (χ0n) is 18.3. The van der Waals surface area contributed by atoms with E-state index < -0.39 is 0 Å². The maximum absolute atomic E-state index is 13.4. The van der Waals surface area contributed by atoms with Gasteiger partial charge in [0, 0.05) is 46.5 Å². The number of carbonyl (C=O) groups excluding carboxylic acids is 2. The van der Waals surface area contributed by atoms with Gasteiger partial charge in [0.2, 0.25) is 0 Å². The van der Waals surface area contributed by atoms with E-state index in [1.807, 2.05) is 7.05 Å². The van der Waals surface area contributed by atoms with E-state index in [1.165, 1.54) is 12.1 Å². The molecule has 1 aliphatic rings. The van der Waals surface area contributed by atoms with Crippen LogP contribution in [0, 0.1) is 5.82 Å². The summed E-state index contributed by atoms with van der Waals surface area (Å²) < 4.78 is 15.2. The van der Waals surface area contributed by atoms with E-state index in [0.717, 1.165) is 0 Å². The Bertz CT molecular complexity index is 1150. The average molecular weight is 439 g/mol. The molecule has 0 bridgehead atoms. The molecular formula is C22H26FN7O2. The van der Waals surface area contributed by atoms with Gasteiger partial charge in [0.1, 0.15) is 5.82 Å². The van der Waals surface area contributed by atoms with Crippen LogP contribution in [0.5, 0.6) is 0 Å². The van der Waals surface area contributed by atoms with Gasteiger partial charge in [-0.25, -0.2) is 9.18 Å². The summed E-state index contributed by atoms with van der Waals surface area (Å²) in [4.78, 5) is 30.6. The lowest BCUT2D eigenvalue weighted by Crippen LogP contribution is -2.52. The number of piperazine rings is 1. The second kappa shape index (κ2) is 8.91. The molecule has 1 fully saturated rings. The molecule has 1 saturated heterocycles. The highest BCUT2D eigenvalue weighted by atomic mass is 19.1. The van der Waals surface area contributed by atoms with Crippen molar-refractivity contribution in [3.05, 3.63) is 65.4 Å². The summed E-state index contributed by atoms with van der Waals surface area (Å²) in [7, 11) is 5.45. The van der Waals surface area contributed by atoms with Crippen LogP contribution in [-0.2, 0) is 6.54 Å². The van der Waals surface area contributed by atoms with Crippen molar-refractivity contribution in [2.45, 2.75) is 12.6 Å². The molecule has 0 spiro atoms. The number of benzene rings is 1. The quantitative estimate of drug-likeness (QED) is 0.670. The molecule has 168 valence electrons. The van der Waals surface area contributed by atoms with Crippen LogP contribution in [0.25, 0.3) is 5.65 Å². The second-order valence-electron chi connectivity index (χ2n) is 8.14. The van der Waals surface area contributed by atoms with E-state index in [1.54, 1.807) is 58.8 Å². The first kappa shape index (κ1) is 21.7. The van der Waals surface area contributed by atoms with Gasteiger partial charge in [0.05, 0.1) is 11.6 Å². The SMILES string of the molecule is CN(C)C(=O)N1CCN(C)[C@@H](c2nnc3ccc(C(=O)NCc4cccc(F)c4)cn23)C1. The molecule has 1 aromatic carbocycles. The van der Waals surface area contributed by atoms with Crippen LogP contribution in [0.4, 0.5) is 9.18 Å². The number of urea groups is 1. The number of nitrogens with one attached hydrogen (secondary N) is 1. The summed E-state index contributed by atoms with van der Waals surface area (Å²) in [6, 6.07) is 9.33. The normalized spacial score (nSPS) is 16.9. The van der Waals surface area contributed by atoms with Crippen LogP contribution < -0.4 is 5.32 Å². The van der Waals surface area contributed by atoms with Gasteiger partial charge < -0.3 is 15.1 Å². The molecule has 1 aliphatic heterocycles. The fourth-order valence-corrected chi connectivity index (χ4v) is 3.81. The Hall–Kier alpha value is -3.53. The van der Waals surface area contributed by atoms with Crippen molar-refractivity contribution in [1.82, 2.24) is 34.6 Å². The lowest BCUT2D eigenvalue weighted by molar-refractivity contribution is 0.0932. The summed E-state index contributed by atoms with van der Waals surface area (Å²) >= 11 is 0. The number of hydrogen-bond acceptors (Lipinski definition) is 5. The van der Waals surface area contributed by atoms with Crippen molar-refractivity contribution in [2.75, 3.05) is 40.8 Å². The lowest BCUT2D eigenvalue weighted by atomic mass is 10.1. The van der Waals surface area contributed by atoms with Crippen molar-refractivity contribution < 1.29 is 14.0 Å². The molecule has 2 aromatic heterocycles. The number of aromatic nitrogens is 3. The molecule has 0 radical (unpaired) electrons. The van der Waals surface area contributed by atoms with Gasteiger partial charge >= 0.3 is 6.03 Å². The molecule has 3 aromatic rings. The Balaban J connectivity index is 1.55.